The maximum absolute atomic E-state index is 14.8. The highest BCUT2D eigenvalue weighted by molar-refractivity contribution is 7.98. The summed E-state index contributed by atoms with van der Waals surface area (Å²) in [5.74, 6) is 1.85. The van der Waals surface area contributed by atoms with Crippen molar-refractivity contribution in [2.45, 2.75) is 30.4 Å². The summed E-state index contributed by atoms with van der Waals surface area (Å²) in [5, 5.41) is 6.48. The Labute approximate surface area is 296 Å². The SMILES string of the molecule is Cc1nn(-c2ccccc2)c2c1[C@H](c1coc3c(CSc4ncccn4)cc(Cl)cc3c1=O)N1C(=N2)N(Cc2ccccc2)c2ccccc21. The van der Waals surface area contributed by atoms with Crippen molar-refractivity contribution in [2.24, 2.45) is 4.99 Å². The maximum atomic E-state index is 14.8. The molecule has 11 heteroatoms. The van der Waals surface area contributed by atoms with Gasteiger partial charge in [-0.25, -0.2) is 14.6 Å². The predicted molar refractivity (Wildman–Crippen MR) is 198 cm³/mol. The van der Waals surface area contributed by atoms with Crippen molar-refractivity contribution in [3.05, 3.63) is 165 Å². The summed E-state index contributed by atoms with van der Waals surface area (Å²) in [6.45, 7) is 2.55. The zero-order valence-corrected chi connectivity index (χ0v) is 28.3. The van der Waals surface area contributed by atoms with Crippen LogP contribution in [0, 0.1) is 6.92 Å². The molecule has 0 radical (unpaired) electrons. The van der Waals surface area contributed by atoms with E-state index >= 15 is 0 Å². The summed E-state index contributed by atoms with van der Waals surface area (Å²) in [4.78, 5) is 33.2. The smallest absolute Gasteiger partial charge is 0.213 e. The van der Waals surface area contributed by atoms with Crippen molar-refractivity contribution in [1.29, 1.82) is 0 Å². The number of nitrogens with zero attached hydrogens (tertiary/aromatic N) is 7. The third-order valence-electron chi connectivity index (χ3n) is 9.03. The number of benzene rings is 4. The molecule has 0 spiro atoms. The van der Waals surface area contributed by atoms with E-state index in [0.29, 0.717) is 50.8 Å². The van der Waals surface area contributed by atoms with Gasteiger partial charge in [-0.1, -0.05) is 84.0 Å². The third kappa shape index (κ3) is 5.07. The van der Waals surface area contributed by atoms with Crippen LogP contribution < -0.4 is 15.2 Å². The van der Waals surface area contributed by atoms with E-state index in [1.54, 1.807) is 30.8 Å². The molecule has 0 unspecified atom stereocenters. The van der Waals surface area contributed by atoms with E-state index in [2.05, 4.69) is 44.0 Å². The Kier molecular flexibility index (Phi) is 7.48. The van der Waals surface area contributed by atoms with Gasteiger partial charge in [0.05, 0.1) is 46.3 Å². The van der Waals surface area contributed by atoms with Gasteiger partial charge >= 0.3 is 0 Å². The molecule has 7 aromatic rings. The van der Waals surface area contributed by atoms with E-state index in [4.69, 9.17) is 26.1 Å². The number of halogens is 1. The summed E-state index contributed by atoms with van der Waals surface area (Å²) in [5.41, 5.74) is 7.11. The lowest BCUT2D eigenvalue weighted by molar-refractivity contribution is 0.583. The van der Waals surface area contributed by atoms with Crippen LogP contribution in [-0.2, 0) is 12.3 Å². The van der Waals surface area contributed by atoms with Gasteiger partial charge in [-0.15, -0.1) is 0 Å². The molecule has 0 bridgehead atoms. The van der Waals surface area contributed by atoms with Crippen LogP contribution in [-0.4, -0.2) is 25.7 Å². The van der Waals surface area contributed by atoms with Gasteiger partial charge in [0.25, 0.3) is 0 Å². The Balaban J connectivity index is 1.25. The van der Waals surface area contributed by atoms with Gasteiger partial charge in [0.15, 0.2) is 16.4 Å². The van der Waals surface area contributed by atoms with Crippen LogP contribution in [0.3, 0.4) is 0 Å². The van der Waals surface area contributed by atoms with E-state index in [-0.39, 0.29) is 5.43 Å². The molecular weight excluding hydrogens is 666 g/mol. The van der Waals surface area contributed by atoms with Crippen LogP contribution in [0.15, 0.2) is 141 Å². The number of rotatable bonds is 7. The Hall–Kier alpha value is -5.71. The summed E-state index contributed by atoms with van der Waals surface area (Å²) >= 11 is 8.13. The first-order chi connectivity index (χ1) is 24.5. The molecule has 0 fully saturated rings. The first-order valence-electron chi connectivity index (χ1n) is 16.1. The lowest BCUT2D eigenvalue weighted by atomic mass is 9.95. The predicted octanol–water partition coefficient (Wildman–Crippen LogP) is 8.64. The standard InChI is InChI=1S/C39H28ClN7O2S/c1-24-33-34(30-22-49-36-26(19-27(40)20-29(36)35(30)48)23-50-38-41-17-10-18-42-38)46-32-16-9-8-15-31(32)45(21-25-11-4-2-5-12-25)39(46)43-37(33)47(44-24)28-13-6-3-7-14-28/h2-20,22,34H,21,23H2,1H3/t34-/m0/s1. The molecule has 0 aliphatic carbocycles. The summed E-state index contributed by atoms with van der Waals surface area (Å²) in [7, 11) is 0. The van der Waals surface area contributed by atoms with Crippen molar-refractivity contribution >= 4 is 57.5 Å². The van der Waals surface area contributed by atoms with E-state index in [1.165, 1.54) is 11.8 Å². The van der Waals surface area contributed by atoms with Gasteiger partial charge in [0.1, 0.15) is 11.8 Å². The molecule has 5 heterocycles. The average Bonchev–Trinajstić information content (AvgIpc) is 3.65. The van der Waals surface area contributed by atoms with Gasteiger partial charge in [-0.2, -0.15) is 10.1 Å². The molecule has 0 saturated carbocycles. The van der Waals surface area contributed by atoms with Gasteiger partial charge < -0.3 is 9.32 Å². The quantitative estimate of drug-likeness (QED) is 0.121. The number of aromatic nitrogens is 4. The Morgan fingerprint density at radius 2 is 1.60 bits per heavy atom. The van der Waals surface area contributed by atoms with Crippen LogP contribution in [0.1, 0.15) is 34.0 Å². The molecular formula is C39H28ClN7O2S. The molecule has 3 aromatic heterocycles. The fourth-order valence-corrected chi connectivity index (χ4v) is 7.85. The molecule has 9 rings (SSSR count). The molecule has 0 saturated heterocycles. The first-order valence-corrected chi connectivity index (χ1v) is 17.5. The minimum Gasteiger partial charge on any atom is -0.463 e. The van der Waals surface area contributed by atoms with Gasteiger partial charge in [-0.3, -0.25) is 9.69 Å². The highest BCUT2D eigenvalue weighted by Gasteiger charge is 2.45. The molecule has 9 nitrogen and oxygen atoms in total. The Morgan fingerprint density at radius 1 is 0.880 bits per heavy atom. The average molecular weight is 694 g/mol. The highest BCUT2D eigenvalue weighted by Crippen LogP contribution is 2.50. The second-order valence-corrected chi connectivity index (χ2v) is 13.5. The summed E-state index contributed by atoms with van der Waals surface area (Å²) in [6, 6.07) is 33.2. The molecule has 2 aliphatic rings. The lowest BCUT2D eigenvalue weighted by Crippen LogP contribution is -2.44. The number of hydrogen-bond donors (Lipinski definition) is 0. The minimum atomic E-state index is -0.591. The monoisotopic (exact) mass is 693 g/mol. The second kappa shape index (κ2) is 12.3. The lowest BCUT2D eigenvalue weighted by Gasteiger charge is -2.34. The van der Waals surface area contributed by atoms with Crippen LogP contribution in [0.2, 0.25) is 5.02 Å². The van der Waals surface area contributed by atoms with Crippen LogP contribution >= 0.6 is 23.4 Å². The largest absolute Gasteiger partial charge is 0.463 e. The topological polar surface area (TPSA) is 92.6 Å². The molecule has 0 amide bonds. The molecule has 50 heavy (non-hydrogen) atoms. The van der Waals surface area contributed by atoms with E-state index in [0.717, 1.165) is 39.4 Å². The van der Waals surface area contributed by atoms with Crippen LogP contribution in [0.25, 0.3) is 16.7 Å². The van der Waals surface area contributed by atoms with E-state index in [1.807, 2.05) is 78.3 Å². The molecule has 0 N–H and O–H groups in total. The van der Waals surface area contributed by atoms with Crippen LogP contribution in [0.4, 0.5) is 17.2 Å². The number of fused-ring (bicyclic) bond motifs is 5. The van der Waals surface area contributed by atoms with Crippen molar-refractivity contribution in [2.75, 3.05) is 9.80 Å². The summed E-state index contributed by atoms with van der Waals surface area (Å²) < 4.78 is 8.30. The first kappa shape index (κ1) is 30.4. The highest BCUT2D eigenvalue weighted by atomic mass is 35.5. The van der Waals surface area contributed by atoms with E-state index in [9.17, 15) is 4.79 Å². The number of para-hydroxylation sites is 3. The molecule has 244 valence electrons. The minimum absolute atomic E-state index is 0.168. The number of aryl methyl sites for hydroxylation is 1. The van der Waals surface area contributed by atoms with Gasteiger partial charge in [-0.05, 0) is 55.0 Å². The number of thioether (sulfide) groups is 1. The third-order valence-corrected chi connectivity index (χ3v) is 10.2. The number of aliphatic imine (C=N–C) groups is 1. The Bertz CT molecular complexity index is 2490. The van der Waals surface area contributed by atoms with Gasteiger partial charge in [0.2, 0.25) is 5.96 Å². The number of guanidine groups is 1. The number of hydrogen-bond acceptors (Lipinski definition) is 9. The van der Waals surface area contributed by atoms with Crippen molar-refractivity contribution in [3.8, 4) is 5.69 Å². The second-order valence-electron chi connectivity index (χ2n) is 12.1. The normalized spacial score (nSPS) is 14.8. The molecule has 2 aliphatic heterocycles. The fraction of sp³-hybridized carbons (Fsp3) is 0.103. The molecule has 1 atom stereocenters. The van der Waals surface area contributed by atoms with Gasteiger partial charge in [0, 0.05) is 34.3 Å². The Morgan fingerprint density at radius 3 is 2.38 bits per heavy atom. The zero-order valence-electron chi connectivity index (χ0n) is 26.8. The number of anilines is 2. The van der Waals surface area contributed by atoms with Crippen molar-refractivity contribution < 1.29 is 4.42 Å². The maximum Gasteiger partial charge on any atom is 0.213 e. The van der Waals surface area contributed by atoms with Crippen molar-refractivity contribution in [3.63, 3.8) is 0 Å². The fourth-order valence-electron chi connectivity index (χ4n) is 6.84. The summed E-state index contributed by atoms with van der Waals surface area (Å²) in [6.07, 6.45) is 5.01. The zero-order chi connectivity index (χ0) is 33.8. The van der Waals surface area contributed by atoms with Crippen LogP contribution in [0.5, 0.6) is 0 Å². The van der Waals surface area contributed by atoms with E-state index < -0.39 is 6.04 Å². The van der Waals surface area contributed by atoms with Crippen molar-refractivity contribution in [1.82, 2.24) is 19.7 Å². The molecule has 4 aromatic carbocycles.